The van der Waals surface area contributed by atoms with E-state index in [9.17, 15) is 4.79 Å². The number of carbonyl (C=O) groups excluding carboxylic acids is 1. The van der Waals surface area contributed by atoms with Crippen molar-refractivity contribution in [2.75, 3.05) is 18.4 Å². The summed E-state index contributed by atoms with van der Waals surface area (Å²) < 4.78 is 0. The molecule has 0 amide bonds. The van der Waals surface area contributed by atoms with E-state index < -0.39 is 0 Å². The van der Waals surface area contributed by atoms with Gasteiger partial charge in [0.1, 0.15) is 12.3 Å². The molecule has 5 rings (SSSR count). The molecule has 22 heavy (non-hydrogen) atoms. The van der Waals surface area contributed by atoms with Crippen LogP contribution in [-0.2, 0) is 10.2 Å². The molecule has 4 aliphatic rings. The third-order valence-electron chi connectivity index (χ3n) is 6.55. The molecule has 2 fully saturated rings. The summed E-state index contributed by atoms with van der Waals surface area (Å²) in [6.07, 6.45) is 5.66. The molecule has 3 heterocycles. The standard InChI is InChI=1S/C19H20N2O/c1-2-12-10-21-8-7-19-15-5-3-4-6-16(15)20-18(19)14(11-22)13(12)9-17(19)21/h2-6,11,13,17,20H,7-10H2,1H3/p+1/b12-2+/t13-,17-,19+/m0/s1. The number of carbonyl (C=O) groups is 1. The van der Waals surface area contributed by atoms with Crippen LogP contribution in [0.5, 0.6) is 0 Å². The molecule has 1 spiro atoms. The Kier molecular flexibility index (Phi) is 2.36. The van der Waals surface area contributed by atoms with Gasteiger partial charge in [0, 0.05) is 35.7 Å². The molecule has 1 unspecified atom stereocenters. The van der Waals surface area contributed by atoms with Gasteiger partial charge in [0.25, 0.3) is 0 Å². The molecule has 2 N–H and O–H groups in total. The van der Waals surface area contributed by atoms with Gasteiger partial charge in [-0.05, 0) is 24.1 Å². The van der Waals surface area contributed by atoms with Gasteiger partial charge >= 0.3 is 0 Å². The molecule has 1 aromatic carbocycles. The number of rotatable bonds is 1. The van der Waals surface area contributed by atoms with Gasteiger partial charge in [-0.15, -0.1) is 0 Å². The molecule has 0 saturated carbocycles. The second-order valence-corrected chi connectivity index (χ2v) is 7.13. The first-order chi connectivity index (χ1) is 10.8. The Balaban J connectivity index is 1.83. The lowest BCUT2D eigenvalue weighted by atomic mass is 9.62. The molecule has 1 aromatic rings. The highest BCUT2D eigenvalue weighted by atomic mass is 16.1. The van der Waals surface area contributed by atoms with Crippen molar-refractivity contribution in [1.29, 1.82) is 0 Å². The number of hydrogen-bond acceptors (Lipinski definition) is 2. The maximum Gasteiger partial charge on any atom is 0.148 e. The Hall–Kier alpha value is -1.87. The summed E-state index contributed by atoms with van der Waals surface area (Å²) in [5.41, 5.74) is 6.40. The van der Waals surface area contributed by atoms with Crippen LogP contribution in [0.25, 0.3) is 0 Å². The van der Waals surface area contributed by atoms with Crippen molar-refractivity contribution in [3.05, 3.63) is 52.7 Å². The van der Waals surface area contributed by atoms with Gasteiger partial charge in [-0.25, -0.2) is 0 Å². The normalized spacial score (nSPS) is 39.5. The van der Waals surface area contributed by atoms with E-state index in [-0.39, 0.29) is 5.41 Å². The zero-order chi connectivity index (χ0) is 14.9. The van der Waals surface area contributed by atoms with Crippen molar-refractivity contribution in [2.24, 2.45) is 5.92 Å². The number of anilines is 1. The van der Waals surface area contributed by atoms with E-state index in [0.717, 1.165) is 31.2 Å². The van der Waals surface area contributed by atoms with Crippen molar-refractivity contribution in [3.8, 4) is 0 Å². The monoisotopic (exact) mass is 293 g/mol. The smallest absolute Gasteiger partial charge is 0.148 e. The minimum Gasteiger partial charge on any atom is -0.357 e. The fourth-order valence-electron chi connectivity index (χ4n) is 5.67. The van der Waals surface area contributed by atoms with Crippen LogP contribution < -0.4 is 10.2 Å². The minimum atomic E-state index is 0.0674. The summed E-state index contributed by atoms with van der Waals surface area (Å²) in [4.78, 5) is 13.7. The first-order valence-corrected chi connectivity index (χ1v) is 8.35. The highest BCUT2D eigenvalue weighted by Crippen LogP contribution is 2.56. The third kappa shape index (κ3) is 1.25. The number of aldehydes is 1. The average molecular weight is 293 g/mol. The maximum atomic E-state index is 12.0. The predicted octanol–water partition coefficient (Wildman–Crippen LogP) is 1.44. The van der Waals surface area contributed by atoms with Crippen molar-refractivity contribution in [1.82, 2.24) is 0 Å². The predicted molar refractivity (Wildman–Crippen MR) is 85.8 cm³/mol. The van der Waals surface area contributed by atoms with Gasteiger partial charge in [-0.2, -0.15) is 0 Å². The molecule has 3 aliphatic heterocycles. The van der Waals surface area contributed by atoms with Gasteiger partial charge in [0.15, 0.2) is 0 Å². The zero-order valence-corrected chi connectivity index (χ0v) is 12.9. The average Bonchev–Trinajstić information content (AvgIpc) is 3.11. The Bertz CT molecular complexity index is 748. The number of benzene rings is 1. The lowest BCUT2D eigenvalue weighted by Crippen LogP contribution is -3.16. The van der Waals surface area contributed by atoms with Gasteiger partial charge in [0.2, 0.25) is 0 Å². The van der Waals surface area contributed by atoms with Crippen LogP contribution in [0.2, 0.25) is 0 Å². The Morgan fingerprint density at radius 3 is 3.05 bits per heavy atom. The number of piperidine rings is 1. The lowest BCUT2D eigenvalue weighted by Gasteiger charge is -2.45. The SMILES string of the molecule is C/C=C1\C[NH+]2CC[C@]34C(=C(C=O)[C@H]1C[C@H]23)Nc1ccccc14. The van der Waals surface area contributed by atoms with Crippen molar-refractivity contribution >= 4 is 12.0 Å². The van der Waals surface area contributed by atoms with E-state index in [1.807, 2.05) is 0 Å². The van der Waals surface area contributed by atoms with E-state index in [0.29, 0.717) is 12.0 Å². The van der Waals surface area contributed by atoms with Crippen LogP contribution in [0, 0.1) is 5.92 Å². The first kappa shape index (κ1) is 12.7. The number of allylic oxidation sites excluding steroid dienone is 2. The third-order valence-corrected chi connectivity index (χ3v) is 6.55. The summed E-state index contributed by atoms with van der Waals surface area (Å²) in [5, 5.41) is 3.64. The Morgan fingerprint density at radius 1 is 1.36 bits per heavy atom. The lowest BCUT2D eigenvalue weighted by molar-refractivity contribution is -0.914. The summed E-state index contributed by atoms with van der Waals surface area (Å²) >= 11 is 0. The summed E-state index contributed by atoms with van der Waals surface area (Å²) in [6.45, 7) is 4.44. The number of hydrogen-bond donors (Lipinski definition) is 2. The maximum absolute atomic E-state index is 12.0. The van der Waals surface area contributed by atoms with Crippen LogP contribution >= 0.6 is 0 Å². The largest absolute Gasteiger partial charge is 0.357 e. The summed E-state index contributed by atoms with van der Waals surface area (Å²) in [6, 6.07) is 9.28. The van der Waals surface area contributed by atoms with Crippen molar-refractivity contribution < 1.29 is 9.69 Å². The van der Waals surface area contributed by atoms with E-state index >= 15 is 0 Å². The Morgan fingerprint density at radius 2 is 2.23 bits per heavy atom. The number of nitrogens with one attached hydrogen (secondary N) is 2. The second kappa shape index (κ2) is 4.11. The van der Waals surface area contributed by atoms with E-state index in [1.165, 1.54) is 29.1 Å². The van der Waals surface area contributed by atoms with E-state index in [1.54, 1.807) is 4.90 Å². The van der Waals surface area contributed by atoms with Gasteiger partial charge in [0.05, 0.1) is 18.5 Å². The number of para-hydroxylation sites is 1. The molecular formula is C19H21N2O+. The highest BCUT2D eigenvalue weighted by molar-refractivity contribution is 5.84. The minimum absolute atomic E-state index is 0.0674. The number of fused-ring (bicyclic) bond motifs is 2. The van der Waals surface area contributed by atoms with Gasteiger partial charge in [-0.1, -0.05) is 24.3 Å². The summed E-state index contributed by atoms with van der Waals surface area (Å²) in [5.74, 6) is 0.333. The molecule has 2 saturated heterocycles. The zero-order valence-electron chi connectivity index (χ0n) is 12.9. The first-order valence-electron chi connectivity index (χ1n) is 8.35. The highest BCUT2D eigenvalue weighted by Gasteiger charge is 2.63. The fraction of sp³-hybridized carbons (Fsp3) is 0.421. The molecule has 1 aliphatic carbocycles. The van der Waals surface area contributed by atoms with Crippen molar-refractivity contribution in [2.45, 2.75) is 31.2 Å². The molecule has 3 heteroatoms. The molecule has 112 valence electrons. The van der Waals surface area contributed by atoms with Crippen LogP contribution in [-0.4, -0.2) is 25.4 Å². The van der Waals surface area contributed by atoms with Crippen LogP contribution in [0.1, 0.15) is 25.3 Å². The quantitative estimate of drug-likeness (QED) is 0.607. The van der Waals surface area contributed by atoms with Crippen LogP contribution in [0.3, 0.4) is 0 Å². The topological polar surface area (TPSA) is 33.5 Å². The van der Waals surface area contributed by atoms with Gasteiger partial charge < -0.3 is 10.2 Å². The molecule has 2 bridgehead atoms. The molecule has 0 radical (unpaired) electrons. The summed E-state index contributed by atoms with van der Waals surface area (Å²) in [7, 11) is 0. The van der Waals surface area contributed by atoms with Crippen molar-refractivity contribution in [3.63, 3.8) is 0 Å². The molecular weight excluding hydrogens is 272 g/mol. The molecule has 0 aromatic heterocycles. The van der Waals surface area contributed by atoms with Crippen LogP contribution in [0.15, 0.2) is 47.2 Å². The Labute approximate surface area is 130 Å². The second-order valence-electron chi connectivity index (χ2n) is 7.13. The van der Waals surface area contributed by atoms with E-state index in [2.05, 4.69) is 42.6 Å². The fourth-order valence-corrected chi connectivity index (χ4v) is 5.67. The molecule has 4 atom stereocenters. The number of quaternary nitrogens is 1. The van der Waals surface area contributed by atoms with E-state index in [4.69, 9.17) is 0 Å². The van der Waals surface area contributed by atoms with Crippen LogP contribution in [0.4, 0.5) is 5.69 Å². The molecule has 3 nitrogen and oxygen atoms in total. The van der Waals surface area contributed by atoms with Gasteiger partial charge in [-0.3, -0.25) is 4.79 Å².